The lowest BCUT2D eigenvalue weighted by atomic mass is 10.0. The number of anilines is 1. The molecule has 1 heterocycles. The van der Waals surface area contributed by atoms with Gasteiger partial charge in [0.1, 0.15) is 5.75 Å². The molecule has 1 aliphatic rings. The lowest BCUT2D eigenvalue weighted by molar-refractivity contribution is -0.132. The highest BCUT2D eigenvalue weighted by Gasteiger charge is 2.24. The molecule has 31 heavy (non-hydrogen) atoms. The van der Waals surface area contributed by atoms with Crippen LogP contribution in [0.4, 0.5) is 5.69 Å². The first-order chi connectivity index (χ1) is 15.0. The summed E-state index contributed by atoms with van der Waals surface area (Å²) in [5.41, 5.74) is 2.14. The van der Waals surface area contributed by atoms with Crippen LogP contribution in [0.5, 0.6) is 5.75 Å². The molecule has 1 saturated heterocycles. The van der Waals surface area contributed by atoms with Gasteiger partial charge >= 0.3 is 0 Å². The van der Waals surface area contributed by atoms with Crippen molar-refractivity contribution in [1.29, 1.82) is 0 Å². The van der Waals surface area contributed by atoms with E-state index < -0.39 is 0 Å². The average molecular weight is 424 g/mol. The van der Waals surface area contributed by atoms with Crippen LogP contribution >= 0.6 is 0 Å². The molecule has 0 radical (unpaired) electrons. The molecule has 0 spiro atoms. The third-order valence-electron chi connectivity index (χ3n) is 5.79. The van der Waals surface area contributed by atoms with E-state index in [4.69, 9.17) is 4.74 Å². The van der Waals surface area contributed by atoms with Gasteiger partial charge in [0.2, 0.25) is 11.8 Å². The zero-order valence-electron chi connectivity index (χ0n) is 18.7. The van der Waals surface area contributed by atoms with Crippen LogP contribution in [-0.2, 0) is 9.59 Å². The lowest BCUT2D eigenvalue weighted by Crippen LogP contribution is -2.49. The largest absolute Gasteiger partial charge is 0.495 e. The molecule has 2 aromatic carbocycles. The van der Waals surface area contributed by atoms with Gasteiger partial charge in [-0.05, 0) is 30.5 Å². The molecule has 2 atom stereocenters. The smallest absolute Gasteiger partial charge is 0.222 e. The molecular weight excluding hydrogens is 390 g/mol. The number of methoxy groups -OCH3 is 1. The first-order valence-electron chi connectivity index (χ1n) is 11.0. The number of piperazine rings is 1. The maximum absolute atomic E-state index is 12.8. The van der Waals surface area contributed by atoms with E-state index in [-0.39, 0.29) is 23.8 Å². The Hall–Kier alpha value is -3.02. The summed E-state index contributed by atoms with van der Waals surface area (Å²) in [5.74, 6) is 0.961. The van der Waals surface area contributed by atoms with Gasteiger partial charge in [0, 0.05) is 39.0 Å². The van der Waals surface area contributed by atoms with E-state index >= 15 is 0 Å². The second-order valence-electron chi connectivity index (χ2n) is 8.25. The molecule has 0 saturated carbocycles. The van der Waals surface area contributed by atoms with Gasteiger partial charge in [0.25, 0.3) is 0 Å². The van der Waals surface area contributed by atoms with Gasteiger partial charge in [-0.25, -0.2) is 0 Å². The molecule has 0 bridgehead atoms. The molecule has 166 valence electrons. The van der Waals surface area contributed by atoms with Gasteiger partial charge in [-0.2, -0.15) is 0 Å². The number of nitrogens with one attached hydrogen (secondary N) is 1. The molecule has 3 rings (SSSR count). The molecule has 1 aliphatic heterocycles. The Labute approximate surface area is 185 Å². The molecule has 1 fully saturated rings. The Kier molecular flexibility index (Phi) is 7.93. The monoisotopic (exact) mass is 423 g/mol. The van der Waals surface area contributed by atoms with Gasteiger partial charge in [0.15, 0.2) is 0 Å². The van der Waals surface area contributed by atoms with Crippen molar-refractivity contribution in [1.82, 2.24) is 10.2 Å². The van der Waals surface area contributed by atoms with Crippen LogP contribution < -0.4 is 15.0 Å². The molecule has 6 heteroatoms. The van der Waals surface area contributed by atoms with Crippen LogP contribution in [0.1, 0.15) is 38.3 Å². The first-order valence-corrected chi connectivity index (χ1v) is 11.0. The Morgan fingerprint density at radius 1 is 0.935 bits per heavy atom. The maximum Gasteiger partial charge on any atom is 0.222 e. The van der Waals surface area contributed by atoms with Gasteiger partial charge in [-0.15, -0.1) is 0 Å². The molecule has 0 aromatic heterocycles. The van der Waals surface area contributed by atoms with Gasteiger partial charge in [0.05, 0.1) is 18.8 Å². The van der Waals surface area contributed by atoms with E-state index in [9.17, 15) is 9.59 Å². The van der Waals surface area contributed by atoms with Crippen molar-refractivity contribution in [3.05, 3.63) is 60.2 Å². The standard InChI is InChI=1S/C25H33N3O3/c1-19(17-24(29)26-20(2)21-9-5-4-6-10-21)18-25(30)28-15-13-27(14-16-28)22-11-7-8-12-23(22)31-3/h4-12,19-20H,13-18H2,1-3H3,(H,26,29)/t19-,20-/m1/s1. The normalized spacial score (nSPS) is 15.8. The van der Waals surface area contributed by atoms with E-state index in [1.807, 2.05) is 73.3 Å². The third-order valence-corrected chi connectivity index (χ3v) is 5.79. The van der Waals surface area contributed by atoms with Crippen LogP contribution in [0.3, 0.4) is 0 Å². The van der Waals surface area contributed by atoms with E-state index in [0.717, 1.165) is 30.1 Å². The zero-order chi connectivity index (χ0) is 22.2. The molecule has 2 aromatic rings. The number of amides is 2. The molecular formula is C25H33N3O3. The second kappa shape index (κ2) is 10.8. The van der Waals surface area contributed by atoms with Crippen LogP contribution in [0.2, 0.25) is 0 Å². The summed E-state index contributed by atoms with van der Waals surface area (Å²) >= 11 is 0. The molecule has 0 unspecified atom stereocenters. The number of hydrogen-bond donors (Lipinski definition) is 1. The number of ether oxygens (including phenoxy) is 1. The Balaban J connectivity index is 1.43. The lowest BCUT2D eigenvalue weighted by Gasteiger charge is -2.37. The number of hydrogen-bond acceptors (Lipinski definition) is 4. The zero-order valence-corrected chi connectivity index (χ0v) is 18.7. The third kappa shape index (κ3) is 6.23. The number of nitrogens with zero attached hydrogens (tertiary/aromatic N) is 2. The number of benzene rings is 2. The Morgan fingerprint density at radius 3 is 2.26 bits per heavy atom. The fourth-order valence-electron chi connectivity index (χ4n) is 4.03. The van der Waals surface area contributed by atoms with E-state index in [1.54, 1.807) is 7.11 Å². The molecule has 1 N–H and O–H groups in total. The quantitative estimate of drug-likeness (QED) is 0.704. The van der Waals surface area contributed by atoms with Crippen molar-refractivity contribution in [2.24, 2.45) is 5.92 Å². The molecule has 0 aliphatic carbocycles. The van der Waals surface area contributed by atoms with Crippen molar-refractivity contribution in [2.75, 3.05) is 38.2 Å². The van der Waals surface area contributed by atoms with Crippen LogP contribution in [0, 0.1) is 5.92 Å². The summed E-state index contributed by atoms with van der Waals surface area (Å²) in [6.45, 7) is 6.85. The summed E-state index contributed by atoms with van der Waals surface area (Å²) in [4.78, 5) is 29.3. The molecule has 6 nitrogen and oxygen atoms in total. The van der Waals surface area contributed by atoms with Crippen molar-refractivity contribution in [3.8, 4) is 5.75 Å². The van der Waals surface area contributed by atoms with Crippen molar-refractivity contribution >= 4 is 17.5 Å². The first kappa shape index (κ1) is 22.7. The number of rotatable bonds is 8. The van der Waals surface area contributed by atoms with Gasteiger partial charge in [-0.3, -0.25) is 9.59 Å². The van der Waals surface area contributed by atoms with Crippen LogP contribution in [0.15, 0.2) is 54.6 Å². The van der Waals surface area contributed by atoms with E-state index in [0.29, 0.717) is 25.9 Å². The molecule has 2 amide bonds. The summed E-state index contributed by atoms with van der Waals surface area (Å²) in [5, 5.41) is 3.03. The van der Waals surface area contributed by atoms with Crippen molar-refractivity contribution in [3.63, 3.8) is 0 Å². The summed E-state index contributed by atoms with van der Waals surface area (Å²) in [7, 11) is 1.68. The maximum atomic E-state index is 12.8. The van der Waals surface area contributed by atoms with Gasteiger partial charge in [-0.1, -0.05) is 49.4 Å². The summed E-state index contributed by atoms with van der Waals surface area (Å²) in [6.07, 6.45) is 0.742. The average Bonchev–Trinajstić information content (AvgIpc) is 2.79. The minimum absolute atomic E-state index is 0.00252. The minimum atomic E-state index is -0.0420. The Morgan fingerprint density at radius 2 is 1.58 bits per heavy atom. The van der Waals surface area contributed by atoms with Crippen molar-refractivity contribution < 1.29 is 14.3 Å². The highest BCUT2D eigenvalue weighted by atomic mass is 16.5. The minimum Gasteiger partial charge on any atom is -0.495 e. The van der Waals surface area contributed by atoms with Crippen molar-refractivity contribution in [2.45, 2.75) is 32.7 Å². The SMILES string of the molecule is COc1ccccc1N1CCN(C(=O)C[C@H](C)CC(=O)N[C@H](C)c2ccccc2)CC1. The Bertz CT molecular complexity index is 863. The van der Waals surface area contributed by atoms with Gasteiger partial charge < -0.3 is 19.9 Å². The topological polar surface area (TPSA) is 61.9 Å². The second-order valence-corrected chi connectivity index (χ2v) is 8.25. The predicted molar refractivity (Wildman–Crippen MR) is 123 cm³/mol. The predicted octanol–water partition coefficient (Wildman–Crippen LogP) is 3.64. The number of para-hydroxylation sites is 2. The number of carbonyl (C=O) groups is 2. The highest BCUT2D eigenvalue weighted by molar-refractivity contribution is 5.80. The fourth-order valence-corrected chi connectivity index (χ4v) is 4.03. The van der Waals surface area contributed by atoms with Crippen LogP contribution in [0.25, 0.3) is 0 Å². The highest BCUT2D eigenvalue weighted by Crippen LogP contribution is 2.28. The van der Waals surface area contributed by atoms with E-state index in [1.165, 1.54) is 0 Å². The fraction of sp³-hybridized carbons (Fsp3) is 0.440. The summed E-state index contributed by atoms with van der Waals surface area (Å²) in [6, 6.07) is 17.8. The van der Waals surface area contributed by atoms with E-state index in [2.05, 4.69) is 10.2 Å². The summed E-state index contributed by atoms with van der Waals surface area (Å²) < 4.78 is 5.46. The number of carbonyl (C=O) groups excluding carboxylic acids is 2. The van der Waals surface area contributed by atoms with Crippen LogP contribution in [-0.4, -0.2) is 50.0 Å².